The Morgan fingerprint density at radius 2 is 1.48 bits per heavy atom. The highest BCUT2D eigenvalue weighted by Gasteiger charge is 2.35. The molecule has 3 aliphatic rings. The monoisotopic (exact) mass is 788 g/mol. The maximum absolute atomic E-state index is 14.0. The maximum Gasteiger partial charge on any atom is 0.326 e. The lowest BCUT2D eigenvalue weighted by molar-refractivity contribution is -0.135. The van der Waals surface area contributed by atoms with Crippen molar-refractivity contribution in [2.24, 2.45) is 11.8 Å². The Kier molecular flexibility index (Phi) is 11.0. The van der Waals surface area contributed by atoms with E-state index in [0.717, 1.165) is 37.1 Å². The molecule has 48 heavy (non-hydrogen) atoms. The molecule has 4 heterocycles. The van der Waals surface area contributed by atoms with Crippen molar-refractivity contribution in [3.63, 3.8) is 0 Å². The van der Waals surface area contributed by atoms with Crippen molar-refractivity contribution in [3.8, 4) is 17.0 Å². The summed E-state index contributed by atoms with van der Waals surface area (Å²) in [6.45, 7) is 4.49. The highest BCUT2D eigenvalue weighted by Crippen LogP contribution is 2.35. The first-order chi connectivity index (χ1) is 23.0. The Morgan fingerprint density at radius 1 is 0.917 bits per heavy atom. The van der Waals surface area contributed by atoms with Gasteiger partial charge in [0.15, 0.2) is 0 Å². The van der Waals surface area contributed by atoms with Crippen LogP contribution >= 0.6 is 31.9 Å². The van der Waals surface area contributed by atoms with Crippen LogP contribution in [0.1, 0.15) is 50.1 Å². The number of benzene rings is 2. The molecule has 3 fully saturated rings. The molecule has 2 aromatic carbocycles. The van der Waals surface area contributed by atoms with Crippen LogP contribution in [0.25, 0.3) is 11.3 Å². The summed E-state index contributed by atoms with van der Waals surface area (Å²) in [4.78, 5) is 49.4. The van der Waals surface area contributed by atoms with Crippen molar-refractivity contribution in [2.45, 2.75) is 57.0 Å². The molecule has 3 aromatic rings. The number of amides is 3. The van der Waals surface area contributed by atoms with Crippen LogP contribution in [0.5, 0.6) is 5.75 Å². The molecule has 0 spiro atoms. The van der Waals surface area contributed by atoms with Crippen LogP contribution in [-0.4, -0.2) is 93.7 Å². The van der Waals surface area contributed by atoms with E-state index in [1.165, 1.54) is 25.0 Å². The van der Waals surface area contributed by atoms with E-state index in [4.69, 9.17) is 0 Å². The number of halogens is 3. The number of aromatic amines is 1. The van der Waals surface area contributed by atoms with Gasteiger partial charge in [0.05, 0.1) is 14.6 Å². The Morgan fingerprint density at radius 3 is 2.08 bits per heavy atom. The van der Waals surface area contributed by atoms with Gasteiger partial charge in [-0.15, -0.1) is 0 Å². The molecule has 0 radical (unpaired) electrons. The molecule has 1 atom stereocenters. The molecule has 1 aromatic heterocycles. The Bertz CT molecular complexity index is 1630. The van der Waals surface area contributed by atoms with Gasteiger partial charge in [0.2, 0.25) is 5.91 Å². The molecule has 13 heteroatoms. The third kappa shape index (κ3) is 8.00. The Hall–Kier alpha value is -3.16. The number of urea groups is 1. The van der Waals surface area contributed by atoms with Crippen molar-refractivity contribution in [1.82, 2.24) is 29.6 Å². The van der Waals surface area contributed by atoms with Crippen LogP contribution in [0.3, 0.4) is 0 Å². The highest BCUT2D eigenvalue weighted by atomic mass is 79.9. The number of likely N-dealkylation sites (tertiary alicyclic amines) is 3. The van der Waals surface area contributed by atoms with E-state index in [1.54, 1.807) is 39.9 Å². The number of phenolic OH excluding ortho intramolecular Hbond substituents is 1. The number of hydrogen-bond donors (Lipinski definition) is 3. The number of phenols is 1. The summed E-state index contributed by atoms with van der Waals surface area (Å²) in [7, 11) is 2.18. The van der Waals surface area contributed by atoms with Crippen molar-refractivity contribution in [2.75, 3.05) is 46.3 Å². The van der Waals surface area contributed by atoms with Crippen LogP contribution in [0.15, 0.2) is 56.3 Å². The van der Waals surface area contributed by atoms with Gasteiger partial charge in [0.1, 0.15) is 17.6 Å². The van der Waals surface area contributed by atoms with Gasteiger partial charge < -0.3 is 30.1 Å². The van der Waals surface area contributed by atoms with Gasteiger partial charge >= 0.3 is 11.7 Å². The minimum absolute atomic E-state index is 0.0795. The van der Waals surface area contributed by atoms with Crippen molar-refractivity contribution >= 4 is 43.8 Å². The first kappa shape index (κ1) is 34.7. The number of hydrogen-bond acceptors (Lipinski definition) is 5. The van der Waals surface area contributed by atoms with E-state index in [2.05, 4.69) is 54.1 Å². The van der Waals surface area contributed by atoms with Gasteiger partial charge in [-0.3, -0.25) is 9.36 Å². The van der Waals surface area contributed by atoms with Gasteiger partial charge in [-0.1, -0.05) is 0 Å². The average molecular weight is 791 g/mol. The number of H-pyrrole nitrogens is 1. The fourth-order valence-electron chi connectivity index (χ4n) is 7.53. The summed E-state index contributed by atoms with van der Waals surface area (Å²) in [6, 6.07) is 8.35. The molecular formula is C35H43Br2FN6O4. The number of carbonyl (C=O) groups is 2. The minimum atomic E-state index is -0.774. The lowest BCUT2D eigenvalue weighted by Gasteiger charge is -2.40. The zero-order chi connectivity index (χ0) is 33.9. The summed E-state index contributed by atoms with van der Waals surface area (Å²) in [5.74, 6) is 0.982. The minimum Gasteiger partial charge on any atom is -0.506 e. The normalized spacial score (nSPS) is 19.4. The van der Waals surface area contributed by atoms with Crippen LogP contribution in [0.4, 0.5) is 9.18 Å². The van der Waals surface area contributed by atoms with Crippen LogP contribution in [0, 0.1) is 17.7 Å². The van der Waals surface area contributed by atoms with Crippen molar-refractivity contribution < 1.29 is 19.1 Å². The Labute approximate surface area is 296 Å². The fraction of sp³-hybridized carbons (Fsp3) is 0.514. The molecule has 10 nitrogen and oxygen atoms in total. The number of imidazole rings is 1. The van der Waals surface area contributed by atoms with E-state index in [1.807, 2.05) is 4.90 Å². The maximum atomic E-state index is 14.0. The van der Waals surface area contributed by atoms with E-state index in [9.17, 15) is 23.9 Å². The standard InChI is InChI=1S/C35H43Br2FN6O4/c1-41-12-6-23(7-13-41)24-8-14-42(15-9-24)33(46)30(20-22-18-28(36)32(45)29(37)19-22)39-34(47)43-16-10-27(11-17-43)44-21-31(40-35(44)48)25-2-4-26(38)5-3-25/h2-5,18-19,21,23-24,27,30,45H,6-17,20H2,1H3,(H,39,47)(H,40,48)/t30-/m0/s1. The molecule has 0 saturated carbocycles. The topological polar surface area (TPSA) is 114 Å². The predicted octanol–water partition coefficient (Wildman–Crippen LogP) is 5.75. The fourth-order valence-corrected chi connectivity index (χ4v) is 8.81. The average Bonchev–Trinajstić information content (AvgIpc) is 3.48. The highest BCUT2D eigenvalue weighted by molar-refractivity contribution is 9.11. The first-order valence-electron chi connectivity index (χ1n) is 16.8. The van der Waals surface area contributed by atoms with Gasteiger partial charge in [-0.25, -0.2) is 14.0 Å². The van der Waals surface area contributed by atoms with Gasteiger partial charge in [-0.2, -0.15) is 0 Å². The third-order valence-electron chi connectivity index (χ3n) is 10.4. The molecule has 3 saturated heterocycles. The van der Waals surface area contributed by atoms with Gasteiger partial charge in [0, 0.05) is 44.8 Å². The number of nitrogens with one attached hydrogen (secondary N) is 2. The first-order valence-corrected chi connectivity index (χ1v) is 18.4. The molecule has 3 N–H and O–H groups in total. The molecule has 0 unspecified atom stereocenters. The second-order valence-electron chi connectivity index (χ2n) is 13.5. The largest absolute Gasteiger partial charge is 0.506 e. The summed E-state index contributed by atoms with van der Waals surface area (Å²) >= 11 is 6.79. The van der Waals surface area contributed by atoms with Crippen molar-refractivity contribution in [3.05, 3.63) is 73.4 Å². The summed E-state index contributed by atoms with van der Waals surface area (Å²) in [6.07, 6.45) is 7.57. The van der Waals surface area contributed by atoms with E-state index < -0.39 is 6.04 Å². The second-order valence-corrected chi connectivity index (χ2v) is 15.2. The van der Waals surface area contributed by atoms with Crippen LogP contribution in [0.2, 0.25) is 0 Å². The third-order valence-corrected chi connectivity index (χ3v) is 11.6. The van der Waals surface area contributed by atoms with E-state index >= 15 is 0 Å². The number of carbonyl (C=O) groups excluding carboxylic acids is 2. The van der Waals surface area contributed by atoms with Crippen LogP contribution < -0.4 is 11.0 Å². The Balaban J connectivity index is 1.10. The molecule has 3 amide bonds. The molecule has 258 valence electrons. The summed E-state index contributed by atoms with van der Waals surface area (Å²) in [5, 5.41) is 13.3. The zero-order valence-corrected chi connectivity index (χ0v) is 30.3. The van der Waals surface area contributed by atoms with Gasteiger partial charge in [-0.05, 0) is 150 Å². The number of aromatic nitrogens is 2. The number of rotatable bonds is 7. The number of piperidine rings is 3. The van der Waals surface area contributed by atoms with E-state index in [0.29, 0.717) is 65.5 Å². The number of nitrogens with zero attached hydrogens (tertiary/aromatic N) is 4. The summed E-state index contributed by atoms with van der Waals surface area (Å²) < 4.78 is 16.1. The number of aromatic hydroxyl groups is 1. The second kappa shape index (κ2) is 15.2. The molecule has 6 rings (SSSR count). The molecule has 0 aliphatic carbocycles. The van der Waals surface area contributed by atoms with E-state index in [-0.39, 0.29) is 41.7 Å². The smallest absolute Gasteiger partial charge is 0.326 e. The lowest BCUT2D eigenvalue weighted by atomic mass is 9.79. The predicted molar refractivity (Wildman–Crippen MR) is 189 cm³/mol. The lowest BCUT2D eigenvalue weighted by Crippen LogP contribution is -2.55. The molecule has 0 bridgehead atoms. The van der Waals surface area contributed by atoms with Gasteiger partial charge in [0.25, 0.3) is 0 Å². The summed E-state index contributed by atoms with van der Waals surface area (Å²) in [5.41, 5.74) is 1.89. The van der Waals surface area contributed by atoms with Crippen molar-refractivity contribution in [1.29, 1.82) is 0 Å². The zero-order valence-electron chi connectivity index (χ0n) is 27.1. The molecule has 3 aliphatic heterocycles. The van der Waals surface area contributed by atoms with Crippen LogP contribution in [-0.2, 0) is 11.2 Å². The molecular weight excluding hydrogens is 747 g/mol. The quantitative estimate of drug-likeness (QED) is 0.282. The SMILES string of the molecule is CN1CCC(C2CCN(C(=O)[C@H](Cc3cc(Br)c(O)c(Br)c3)NC(=O)N3CCC(n4cc(-c5ccc(F)cc5)[nH]c4=O)CC3)CC2)CC1.